The average molecular weight is 239 g/mol. The van der Waals surface area contributed by atoms with Crippen LogP contribution in [0.3, 0.4) is 0 Å². The van der Waals surface area contributed by atoms with Crippen LogP contribution in [0.2, 0.25) is 19.6 Å². The second-order valence-corrected chi connectivity index (χ2v) is 11.2. The van der Waals surface area contributed by atoms with Crippen LogP contribution in [-0.2, 0) is 4.74 Å². The van der Waals surface area contributed by atoms with E-state index in [9.17, 15) is 0 Å². The molecule has 0 aromatic heterocycles. The van der Waals surface area contributed by atoms with E-state index in [-0.39, 0.29) is 0 Å². The number of hydrogen-bond donors (Lipinski definition) is 0. The molecule has 0 atom stereocenters. The lowest BCUT2D eigenvalue weighted by Gasteiger charge is -2.29. The zero-order valence-electron chi connectivity index (χ0n) is 11.1. The molecule has 0 fully saturated rings. The molecule has 92 valence electrons. The SMILES string of the molecule is COCN(CC1=CC=CCC1)C[Si](C)(C)C. The minimum Gasteiger partial charge on any atom is -0.369 e. The normalized spacial score (nSPS) is 16.7. The van der Waals surface area contributed by atoms with Crippen molar-refractivity contribution in [1.29, 1.82) is 0 Å². The molecule has 0 aromatic rings. The monoisotopic (exact) mass is 239 g/mol. The zero-order chi connectivity index (χ0) is 12.0. The van der Waals surface area contributed by atoms with Crippen molar-refractivity contribution in [1.82, 2.24) is 4.90 Å². The summed E-state index contributed by atoms with van der Waals surface area (Å²) in [5.41, 5.74) is 1.54. The van der Waals surface area contributed by atoms with E-state index in [0.717, 1.165) is 13.3 Å². The fourth-order valence-corrected chi connectivity index (χ4v) is 3.62. The first-order valence-corrected chi connectivity index (χ1v) is 9.78. The lowest BCUT2D eigenvalue weighted by Crippen LogP contribution is -2.42. The van der Waals surface area contributed by atoms with Crippen LogP contribution in [0, 0.1) is 0 Å². The van der Waals surface area contributed by atoms with Gasteiger partial charge in [0.2, 0.25) is 0 Å². The summed E-state index contributed by atoms with van der Waals surface area (Å²) in [6, 6.07) is 0. The highest BCUT2D eigenvalue weighted by atomic mass is 28.3. The van der Waals surface area contributed by atoms with Gasteiger partial charge in [-0.2, -0.15) is 0 Å². The van der Waals surface area contributed by atoms with Crippen LogP contribution >= 0.6 is 0 Å². The Kier molecular flexibility index (Phi) is 5.45. The first-order chi connectivity index (χ1) is 7.51. The topological polar surface area (TPSA) is 12.5 Å². The van der Waals surface area contributed by atoms with Crippen molar-refractivity contribution < 1.29 is 4.74 Å². The van der Waals surface area contributed by atoms with Gasteiger partial charge in [0.25, 0.3) is 0 Å². The Balaban J connectivity index is 2.50. The number of hydrogen-bond acceptors (Lipinski definition) is 2. The van der Waals surface area contributed by atoms with Crippen LogP contribution in [0.15, 0.2) is 23.8 Å². The maximum atomic E-state index is 5.29. The lowest BCUT2D eigenvalue weighted by molar-refractivity contribution is 0.0805. The molecule has 16 heavy (non-hydrogen) atoms. The van der Waals surface area contributed by atoms with Crippen LogP contribution in [-0.4, -0.2) is 39.5 Å². The Labute approximate surface area is 101 Å². The fourth-order valence-electron chi connectivity index (χ4n) is 2.07. The summed E-state index contributed by atoms with van der Waals surface area (Å²) < 4.78 is 5.29. The van der Waals surface area contributed by atoms with Crippen LogP contribution in [0.1, 0.15) is 12.8 Å². The molecule has 0 unspecified atom stereocenters. The molecular formula is C13H25NOSi. The lowest BCUT2D eigenvalue weighted by atomic mass is 10.1. The first-order valence-electron chi connectivity index (χ1n) is 6.07. The van der Waals surface area contributed by atoms with Gasteiger partial charge in [-0.25, -0.2) is 0 Å². The van der Waals surface area contributed by atoms with Crippen molar-refractivity contribution in [2.45, 2.75) is 32.5 Å². The van der Waals surface area contributed by atoms with Gasteiger partial charge in [0.1, 0.15) is 0 Å². The predicted octanol–water partition coefficient (Wildman–Crippen LogP) is 3.05. The fraction of sp³-hybridized carbons (Fsp3) is 0.692. The van der Waals surface area contributed by atoms with Crippen molar-refractivity contribution in [3.8, 4) is 0 Å². The van der Waals surface area contributed by atoms with Gasteiger partial charge in [-0.3, -0.25) is 4.90 Å². The molecule has 0 N–H and O–H groups in total. The molecule has 1 rings (SSSR count). The van der Waals surface area contributed by atoms with Crippen molar-refractivity contribution in [3.05, 3.63) is 23.8 Å². The molecule has 0 saturated heterocycles. The van der Waals surface area contributed by atoms with E-state index >= 15 is 0 Å². The molecule has 0 aromatic carbocycles. The molecule has 0 aliphatic heterocycles. The Morgan fingerprint density at radius 2 is 2.12 bits per heavy atom. The van der Waals surface area contributed by atoms with E-state index in [0.29, 0.717) is 0 Å². The molecule has 1 aliphatic rings. The highest BCUT2D eigenvalue weighted by Gasteiger charge is 2.19. The Morgan fingerprint density at radius 1 is 1.38 bits per heavy atom. The van der Waals surface area contributed by atoms with Gasteiger partial charge < -0.3 is 4.74 Å². The van der Waals surface area contributed by atoms with Crippen molar-refractivity contribution >= 4 is 8.07 Å². The standard InChI is InChI=1S/C13H25NOSi/c1-15-11-14(12-16(2,3)4)10-13-8-6-5-7-9-13/h5-6,8H,7,9-12H2,1-4H3. The molecule has 1 aliphatic carbocycles. The smallest absolute Gasteiger partial charge is 0.0986 e. The van der Waals surface area contributed by atoms with Crippen LogP contribution < -0.4 is 0 Å². The summed E-state index contributed by atoms with van der Waals surface area (Å²) in [4.78, 5) is 2.44. The summed E-state index contributed by atoms with van der Waals surface area (Å²) in [6.07, 6.45) is 10.3. The molecule has 0 amide bonds. The minimum absolute atomic E-state index is 0.755. The quantitative estimate of drug-likeness (QED) is 0.522. The largest absolute Gasteiger partial charge is 0.369 e. The minimum atomic E-state index is -1.04. The molecular weight excluding hydrogens is 214 g/mol. The predicted molar refractivity (Wildman–Crippen MR) is 73.3 cm³/mol. The Morgan fingerprint density at radius 3 is 2.62 bits per heavy atom. The first kappa shape index (κ1) is 13.7. The molecule has 0 bridgehead atoms. The number of allylic oxidation sites excluding steroid dienone is 3. The van der Waals surface area contributed by atoms with E-state index < -0.39 is 8.07 Å². The van der Waals surface area contributed by atoms with Crippen LogP contribution in [0.4, 0.5) is 0 Å². The van der Waals surface area contributed by atoms with E-state index in [1.165, 1.54) is 24.6 Å². The third kappa shape index (κ3) is 5.63. The van der Waals surface area contributed by atoms with Crippen molar-refractivity contribution in [2.24, 2.45) is 0 Å². The maximum Gasteiger partial charge on any atom is 0.0986 e. The molecule has 0 radical (unpaired) electrons. The van der Waals surface area contributed by atoms with Gasteiger partial charge in [-0.05, 0) is 19.0 Å². The van der Waals surface area contributed by atoms with Gasteiger partial charge in [-0.1, -0.05) is 43.4 Å². The average Bonchev–Trinajstić information content (AvgIpc) is 2.17. The maximum absolute atomic E-state index is 5.29. The number of nitrogens with zero attached hydrogens (tertiary/aromatic N) is 1. The highest BCUT2D eigenvalue weighted by Crippen LogP contribution is 2.14. The number of ether oxygens (including phenoxy) is 1. The van der Waals surface area contributed by atoms with Crippen molar-refractivity contribution in [3.63, 3.8) is 0 Å². The van der Waals surface area contributed by atoms with Gasteiger partial charge in [0.05, 0.1) is 14.8 Å². The molecule has 3 heteroatoms. The summed E-state index contributed by atoms with van der Waals surface area (Å²) in [7, 11) is 0.743. The van der Waals surface area contributed by atoms with Gasteiger partial charge in [-0.15, -0.1) is 0 Å². The summed E-state index contributed by atoms with van der Waals surface area (Å²) >= 11 is 0. The van der Waals surface area contributed by atoms with E-state index in [4.69, 9.17) is 4.74 Å². The third-order valence-corrected chi connectivity index (χ3v) is 3.93. The third-order valence-electron chi connectivity index (χ3n) is 2.54. The summed E-state index contributed by atoms with van der Waals surface area (Å²) in [5, 5.41) is 0. The van der Waals surface area contributed by atoms with Crippen LogP contribution in [0.25, 0.3) is 0 Å². The second kappa shape index (κ2) is 6.38. The van der Waals surface area contributed by atoms with Gasteiger partial charge >= 0.3 is 0 Å². The highest BCUT2D eigenvalue weighted by molar-refractivity contribution is 6.76. The van der Waals surface area contributed by atoms with Gasteiger partial charge in [0, 0.05) is 13.7 Å². The molecule has 0 spiro atoms. The summed E-state index contributed by atoms with van der Waals surface area (Å²) in [6.45, 7) is 9.05. The molecule has 0 saturated carbocycles. The van der Waals surface area contributed by atoms with Crippen LogP contribution in [0.5, 0.6) is 0 Å². The van der Waals surface area contributed by atoms with Crippen molar-refractivity contribution in [2.75, 3.05) is 26.6 Å². The second-order valence-electron chi connectivity index (χ2n) is 5.76. The van der Waals surface area contributed by atoms with Gasteiger partial charge in [0.15, 0.2) is 0 Å². The van der Waals surface area contributed by atoms with E-state index in [2.05, 4.69) is 42.8 Å². The number of rotatable bonds is 6. The molecule has 2 nitrogen and oxygen atoms in total. The Hall–Kier alpha value is -0.383. The molecule has 0 heterocycles. The number of methoxy groups -OCH3 is 1. The van der Waals surface area contributed by atoms with E-state index in [1.807, 2.05) is 0 Å². The van der Waals surface area contributed by atoms with E-state index in [1.54, 1.807) is 7.11 Å². The summed E-state index contributed by atoms with van der Waals surface area (Å²) in [5.74, 6) is 0. The Bertz CT molecular complexity index is 266. The zero-order valence-corrected chi connectivity index (χ0v) is 12.1.